The molecular formula is C33H39N9O2. The summed E-state index contributed by atoms with van der Waals surface area (Å²) in [7, 11) is 0. The van der Waals surface area contributed by atoms with E-state index in [4.69, 9.17) is 10.2 Å². The number of benzene rings is 1. The number of fused-ring (bicyclic) bond motifs is 1. The third kappa shape index (κ3) is 5.83. The van der Waals surface area contributed by atoms with Crippen LogP contribution in [-0.4, -0.2) is 67.0 Å². The van der Waals surface area contributed by atoms with Crippen LogP contribution in [0.1, 0.15) is 45.2 Å². The summed E-state index contributed by atoms with van der Waals surface area (Å²) in [5.41, 5.74) is 1.94. The predicted molar refractivity (Wildman–Crippen MR) is 171 cm³/mol. The summed E-state index contributed by atoms with van der Waals surface area (Å²) in [6, 6.07) is 15.9. The van der Waals surface area contributed by atoms with Gasteiger partial charge in [-0.15, -0.1) is 6.58 Å². The minimum absolute atomic E-state index is 0.248. The molecule has 0 aliphatic carbocycles. The first-order chi connectivity index (χ1) is 21.2. The van der Waals surface area contributed by atoms with Crippen molar-refractivity contribution in [3.05, 3.63) is 77.4 Å². The number of pyridine rings is 1. The maximum atomic E-state index is 13.3. The number of aliphatic hydroxyl groups is 1. The number of hydrogen-bond donors (Lipinski definition) is 2. The molecule has 2 aliphatic heterocycles. The summed E-state index contributed by atoms with van der Waals surface area (Å²) in [5, 5.41) is 23.2. The molecule has 0 atom stereocenters. The molecule has 2 fully saturated rings. The first-order valence-electron chi connectivity index (χ1n) is 15.2. The Balaban J connectivity index is 1.20. The Morgan fingerprint density at radius 1 is 1.07 bits per heavy atom. The number of nitrogens with zero attached hydrogens (tertiary/aromatic N) is 8. The van der Waals surface area contributed by atoms with Crippen LogP contribution in [0.5, 0.6) is 0 Å². The molecule has 4 aromatic rings. The number of piperidine rings is 2. The lowest BCUT2D eigenvalue weighted by molar-refractivity contribution is 0.0738. The topological polar surface area (TPSA) is 128 Å². The van der Waals surface area contributed by atoms with Gasteiger partial charge < -0.3 is 15.3 Å². The molecule has 5 heterocycles. The van der Waals surface area contributed by atoms with Gasteiger partial charge in [0.25, 0.3) is 5.56 Å². The average Bonchev–Trinajstić information content (AvgIpc) is 3.29. The molecule has 2 N–H and O–H groups in total. The number of rotatable bonds is 8. The summed E-state index contributed by atoms with van der Waals surface area (Å²) in [4.78, 5) is 31.8. The van der Waals surface area contributed by atoms with Crippen molar-refractivity contribution in [1.29, 1.82) is 5.26 Å². The molecule has 228 valence electrons. The van der Waals surface area contributed by atoms with Gasteiger partial charge in [0.1, 0.15) is 11.0 Å². The molecule has 1 aromatic carbocycles. The number of anilines is 3. The average molecular weight is 594 g/mol. The molecular weight excluding hydrogens is 554 g/mol. The van der Waals surface area contributed by atoms with Crippen LogP contribution in [0.15, 0.2) is 66.1 Å². The zero-order valence-corrected chi connectivity index (χ0v) is 25.4. The highest BCUT2D eigenvalue weighted by molar-refractivity contribution is 5.77. The van der Waals surface area contributed by atoms with Gasteiger partial charge in [0.2, 0.25) is 5.95 Å². The van der Waals surface area contributed by atoms with Crippen LogP contribution in [0.4, 0.5) is 17.3 Å². The Morgan fingerprint density at radius 3 is 2.43 bits per heavy atom. The second-order valence-electron chi connectivity index (χ2n) is 12.5. The Hall–Kier alpha value is -4.53. The summed E-state index contributed by atoms with van der Waals surface area (Å²) >= 11 is 0. The van der Waals surface area contributed by atoms with Crippen LogP contribution in [-0.2, 0) is 12.1 Å². The summed E-state index contributed by atoms with van der Waals surface area (Å²) in [5.74, 6) is 0.819. The van der Waals surface area contributed by atoms with Gasteiger partial charge in [-0.1, -0.05) is 12.1 Å². The zero-order valence-electron chi connectivity index (χ0n) is 25.4. The maximum absolute atomic E-state index is 13.3. The molecule has 0 saturated carbocycles. The Bertz CT molecular complexity index is 1740. The van der Waals surface area contributed by atoms with E-state index >= 15 is 0 Å². The highest BCUT2D eigenvalue weighted by atomic mass is 16.3. The number of aromatic nitrogens is 5. The second-order valence-corrected chi connectivity index (χ2v) is 12.5. The SMILES string of the molecule is C=CCn1c(=O)c2cnc(Nc3ccc(N4CCC5(CCN(CC#N)CC5)CC4)cc3)nc2n1-c1cccc(C(C)(C)O)n1. The molecule has 11 nitrogen and oxygen atoms in total. The summed E-state index contributed by atoms with van der Waals surface area (Å²) in [6.45, 7) is 12.1. The lowest BCUT2D eigenvalue weighted by atomic mass is 9.71. The monoisotopic (exact) mass is 593 g/mol. The molecule has 0 radical (unpaired) electrons. The molecule has 6 rings (SSSR count). The zero-order chi connectivity index (χ0) is 30.9. The summed E-state index contributed by atoms with van der Waals surface area (Å²) in [6.07, 6.45) is 7.91. The number of likely N-dealkylation sites (tertiary alicyclic amines) is 1. The third-order valence-corrected chi connectivity index (χ3v) is 9.08. The van der Waals surface area contributed by atoms with Crippen molar-refractivity contribution in [3.63, 3.8) is 0 Å². The molecule has 1 spiro atoms. The van der Waals surface area contributed by atoms with Gasteiger partial charge in [0.05, 0.1) is 24.9 Å². The van der Waals surface area contributed by atoms with E-state index in [2.05, 4.69) is 49.9 Å². The van der Waals surface area contributed by atoms with Crippen molar-refractivity contribution in [2.45, 2.75) is 51.7 Å². The standard InChI is InChI=1S/C33H39N9O2/c1-4-17-41-30(43)26-23-35-31(38-29(26)42(41)28-7-5-6-27(37-28)32(2,3)44)36-24-8-10-25(11-9-24)40-20-14-33(15-21-40)12-18-39(19-13-33)22-16-34/h4-11,23,44H,1,12-15,17-22H2,2-3H3,(H,35,36,38). The number of nitriles is 1. The quantitative estimate of drug-likeness (QED) is 0.226. The smallest absolute Gasteiger partial charge is 0.278 e. The molecule has 2 saturated heterocycles. The summed E-state index contributed by atoms with van der Waals surface area (Å²) < 4.78 is 3.17. The van der Waals surface area contributed by atoms with E-state index in [9.17, 15) is 9.90 Å². The van der Waals surface area contributed by atoms with E-state index in [0.717, 1.165) is 31.9 Å². The Morgan fingerprint density at radius 2 is 1.77 bits per heavy atom. The van der Waals surface area contributed by atoms with Crippen LogP contribution < -0.4 is 15.8 Å². The van der Waals surface area contributed by atoms with Gasteiger partial charge in [-0.3, -0.25) is 9.69 Å². The van der Waals surface area contributed by atoms with E-state index in [1.54, 1.807) is 42.8 Å². The van der Waals surface area contributed by atoms with Gasteiger partial charge >= 0.3 is 0 Å². The van der Waals surface area contributed by atoms with E-state index in [0.29, 0.717) is 40.5 Å². The van der Waals surface area contributed by atoms with Crippen LogP contribution in [0, 0.1) is 16.7 Å². The lowest BCUT2D eigenvalue weighted by Crippen LogP contribution is -2.46. The van der Waals surface area contributed by atoms with Crippen molar-refractivity contribution >= 4 is 28.4 Å². The fraction of sp³-hybridized carbons (Fsp3) is 0.424. The predicted octanol–water partition coefficient (Wildman–Crippen LogP) is 4.34. The number of nitrogens with one attached hydrogen (secondary N) is 1. The maximum Gasteiger partial charge on any atom is 0.278 e. The third-order valence-electron chi connectivity index (χ3n) is 9.08. The van der Waals surface area contributed by atoms with E-state index in [-0.39, 0.29) is 12.1 Å². The molecule has 0 unspecified atom stereocenters. The second kappa shape index (κ2) is 11.9. The Kier molecular flexibility index (Phi) is 7.97. The fourth-order valence-corrected chi connectivity index (χ4v) is 6.40. The first kappa shape index (κ1) is 29.5. The van der Waals surface area contributed by atoms with Crippen molar-refractivity contribution in [2.75, 3.05) is 42.9 Å². The van der Waals surface area contributed by atoms with Gasteiger partial charge in [-0.25, -0.2) is 19.3 Å². The Labute approximate surface area is 257 Å². The van der Waals surface area contributed by atoms with Crippen molar-refractivity contribution in [3.8, 4) is 11.9 Å². The molecule has 0 amide bonds. The van der Waals surface area contributed by atoms with E-state index in [1.165, 1.54) is 42.2 Å². The lowest BCUT2D eigenvalue weighted by Gasteiger charge is -2.47. The van der Waals surface area contributed by atoms with Gasteiger partial charge in [0, 0.05) is 30.7 Å². The number of allylic oxidation sites excluding steroid dienone is 1. The van der Waals surface area contributed by atoms with Crippen LogP contribution in [0.2, 0.25) is 0 Å². The first-order valence-corrected chi connectivity index (χ1v) is 15.2. The van der Waals surface area contributed by atoms with Crippen LogP contribution in [0.25, 0.3) is 16.9 Å². The molecule has 0 bridgehead atoms. The molecule has 11 heteroatoms. The van der Waals surface area contributed by atoms with E-state index < -0.39 is 5.60 Å². The van der Waals surface area contributed by atoms with E-state index in [1.807, 2.05) is 12.1 Å². The van der Waals surface area contributed by atoms with Crippen LogP contribution >= 0.6 is 0 Å². The van der Waals surface area contributed by atoms with Gasteiger partial charge in [-0.05, 0) is 94.4 Å². The highest BCUT2D eigenvalue weighted by Crippen LogP contribution is 2.42. The number of hydrogen-bond acceptors (Lipinski definition) is 9. The van der Waals surface area contributed by atoms with Gasteiger partial charge in [-0.2, -0.15) is 10.2 Å². The molecule has 44 heavy (non-hydrogen) atoms. The van der Waals surface area contributed by atoms with Crippen LogP contribution in [0.3, 0.4) is 0 Å². The minimum Gasteiger partial charge on any atom is -0.384 e. The molecule has 3 aromatic heterocycles. The van der Waals surface area contributed by atoms with Crippen molar-refractivity contribution in [1.82, 2.24) is 29.2 Å². The van der Waals surface area contributed by atoms with Gasteiger partial charge in [0.15, 0.2) is 11.5 Å². The van der Waals surface area contributed by atoms with Crippen molar-refractivity contribution < 1.29 is 5.11 Å². The highest BCUT2D eigenvalue weighted by Gasteiger charge is 2.37. The normalized spacial score (nSPS) is 17.1. The largest absolute Gasteiger partial charge is 0.384 e. The minimum atomic E-state index is -1.15. The fourth-order valence-electron chi connectivity index (χ4n) is 6.40. The van der Waals surface area contributed by atoms with Crippen molar-refractivity contribution in [2.24, 2.45) is 5.41 Å². The molecule has 2 aliphatic rings.